The Morgan fingerprint density at radius 1 is 0.667 bits per heavy atom. The summed E-state index contributed by atoms with van der Waals surface area (Å²) in [5.41, 5.74) is 0. The van der Waals surface area contributed by atoms with Gasteiger partial charge in [0, 0.05) is 0 Å². The molecule has 3 aliphatic carbocycles. The zero-order chi connectivity index (χ0) is 12.9. The van der Waals surface area contributed by atoms with Crippen molar-refractivity contribution >= 4 is 0 Å². The summed E-state index contributed by atoms with van der Waals surface area (Å²) in [5.74, 6) is 8.31. The van der Waals surface area contributed by atoms with Crippen molar-refractivity contribution in [1.82, 2.24) is 0 Å². The normalized spacial score (nSPS) is 56.7. The minimum Gasteiger partial charge on any atom is -0.0625 e. The molecule has 0 aromatic heterocycles. The SMILES string of the molecule is CC1CCC2C3C(C1)CC(C)C(C)C3CC[C@H]2C. The summed E-state index contributed by atoms with van der Waals surface area (Å²) in [6.45, 7) is 10.2. The summed E-state index contributed by atoms with van der Waals surface area (Å²) in [7, 11) is 0. The van der Waals surface area contributed by atoms with Crippen LogP contribution in [0, 0.1) is 47.3 Å². The van der Waals surface area contributed by atoms with E-state index < -0.39 is 0 Å². The van der Waals surface area contributed by atoms with Gasteiger partial charge >= 0.3 is 0 Å². The van der Waals surface area contributed by atoms with Crippen molar-refractivity contribution in [3.8, 4) is 0 Å². The van der Waals surface area contributed by atoms with Crippen LogP contribution in [0.4, 0.5) is 0 Å². The van der Waals surface area contributed by atoms with E-state index in [0.717, 1.165) is 47.3 Å². The maximum atomic E-state index is 2.56. The molecular formula is C18H32. The van der Waals surface area contributed by atoms with Gasteiger partial charge in [-0.2, -0.15) is 0 Å². The van der Waals surface area contributed by atoms with Gasteiger partial charge in [0.05, 0.1) is 0 Å². The Bertz CT molecular complexity index is 292. The van der Waals surface area contributed by atoms with Crippen LogP contribution < -0.4 is 0 Å². The molecule has 0 radical (unpaired) electrons. The van der Waals surface area contributed by atoms with E-state index >= 15 is 0 Å². The van der Waals surface area contributed by atoms with Gasteiger partial charge in [-0.25, -0.2) is 0 Å². The summed E-state index contributed by atoms with van der Waals surface area (Å²) in [4.78, 5) is 0. The van der Waals surface area contributed by atoms with Gasteiger partial charge in [0.15, 0.2) is 0 Å². The molecule has 0 heterocycles. The lowest BCUT2D eigenvalue weighted by atomic mass is 9.53. The summed E-state index contributed by atoms with van der Waals surface area (Å²) in [6.07, 6.45) is 9.19. The van der Waals surface area contributed by atoms with Crippen molar-refractivity contribution in [2.75, 3.05) is 0 Å². The van der Waals surface area contributed by atoms with E-state index in [0.29, 0.717) is 0 Å². The largest absolute Gasteiger partial charge is 0.0625 e. The molecule has 0 aliphatic heterocycles. The van der Waals surface area contributed by atoms with Crippen molar-refractivity contribution in [3.05, 3.63) is 0 Å². The van der Waals surface area contributed by atoms with Crippen molar-refractivity contribution in [2.45, 2.75) is 66.2 Å². The predicted molar refractivity (Wildman–Crippen MR) is 78.3 cm³/mol. The van der Waals surface area contributed by atoms with E-state index in [1.54, 1.807) is 19.3 Å². The van der Waals surface area contributed by atoms with Gasteiger partial charge in [-0.1, -0.05) is 40.5 Å². The van der Waals surface area contributed by atoms with Crippen molar-refractivity contribution in [2.24, 2.45) is 47.3 Å². The standard InChI is InChI=1S/C18H32/c1-11-5-7-16-12(2)6-8-17-14(4)13(3)10-15(9-11)18(16)17/h11-18H,5-10H2,1-4H3/t11?,12-,13?,14?,15?,16?,17?,18?/m1/s1. The fraction of sp³-hybridized carbons (Fsp3) is 1.00. The fourth-order valence-electron chi connectivity index (χ4n) is 5.98. The smallest absolute Gasteiger partial charge is 0.0324 e. The second-order valence-electron chi connectivity index (χ2n) is 8.21. The van der Waals surface area contributed by atoms with E-state index in [-0.39, 0.29) is 0 Å². The molecule has 8 atom stereocenters. The Morgan fingerprint density at radius 3 is 2.17 bits per heavy atom. The average molecular weight is 248 g/mol. The van der Waals surface area contributed by atoms with Gasteiger partial charge < -0.3 is 0 Å². The van der Waals surface area contributed by atoms with E-state index in [2.05, 4.69) is 27.7 Å². The fourth-order valence-corrected chi connectivity index (χ4v) is 5.98. The van der Waals surface area contributed by atoms with Gasteiger partial charge in [0.2, 0.25) is 0 Å². The van der Waals surface area contributed by atoms with Crippen LogP contribution in [0.1, 0.15) is 66.2 Å². The third-order valence-corrected chi connectivity index (χ3v) is 7.16. The van der Waals surface area contributed by atoms with Crippen LogP contribution in [0.5, 0.6) is 0 Å². The molecule has 0 aromatic carbocycles. The topological polar surface area (TPSA) is 0 Å². The molecular weight excluding hydrogens is 216 g/mol. The summed E-state index contributed by atoms with van der Waals surface area (Å²) < 4.78 is 0. The first-order valence-electron chi connectivity index (χ1n) is 8.58. The Labute approximate surface area is 114 Å². The molecule has 104 valence electrons. The first kappa shape index (κ1) is 13.0. The molecule has 0 saturated heterocycles. The maximum absolute atomic E-state index is 2.56. The van der Waals surface area contributed by atoms with Gasteiger partial charge in [0.25, 0.3) is 0 Å². The van der Waals surface area contributed by atoms with Crippen LogP contribution in [-0.4, -0.2) is 0 Å². The molecule has 0 spiro atoms. The molecule has 0 heteroatoms. The van der Waals surface area contributed by atoms with E-state index in [9.17, 15) is 0 Å². The molecule has 3 saturated carbocycles. The second kappa shape index (κ2) is 4.84. The van der Waals surface area contributed by atoms with E-state index in [4.69, 9.17) is 0 Å². The zero-order valence-electron chi connectivity index (χ0n) is 12.9. The summed E-state index contributed by atoms with van der Waals surface area (Å²) in [5, 5.41) is 0. The van der Waals surface area contributed by atoms with Crippen LogP contribution >= 0.6 is 0 Å². The highest BCUT2D eigenvalue weighted by Gasteiger charge is 2.49. The molecule has 3 fully saturated rings. The van der Waals surface area contributed by atoms with Gasteiger partial charge in [0.1, 0.15) is 0 Å². The third-order valence-electron chi connectivity index (χ3n) is 7.16. The monoisotopic (exact) mass is 248 g/mol. The minimum atomic E-state index is 0.982. The minimum absolute atomic E-state index is 0.982. The molecule has 0 bridgehead atoms. The lowest BCUT2D eigenvalue weighted by Gasteiger charge is -2.53. The lowest BCUT2D eigenvalue weighted by Crippen LogP contribution is -2.45. The number of hydrogen-bond donors (Lipinski definition) is 0. The average Bonchev–Trinajstić information content (AvgIpc) is 2.49. The Morgan fingerprint density at radius 2 is 1.39 bits per heavy atom. The van der Waals surface area contributed by atoms with Crippen molar-refractivity contribution in [3.63, 3.8) is 0 Å². The quantitative estimate of drug-likeness (QED) is 0.540. The Hall–Kier alpha value is 0. The third kappa shape index (κ3) is 2.04. The lowest BCUT2D eigenvalue weighted by molar-refractivity contribution is -0.0370. The molecule has 0 amide bonds. The molecule has 0 nitrogen and oxygen atoms in total. The highest BCUT2D eigenvalue weighted by molar-refractivity contribution is 4.98. The first-order valence-corrected chi connectivity index (χ1v) is 8.58. The van der Waals surface area contributed by atoms with Crippen LogP contribution in [0.2, 0.25) is 0 Å². The van der Waals surface area contributed by atoms with Crippen LogP contribution in [0.3, 0.4) is 0 Å². The molecule has 0 N–H and O–H groups in total. The maximum Gasteiger partial charge on any atom is -0.0324 e. The highest BCUT2D eigenvalue weighted by atomic mass is 14.5. The van der Waals surface area contributed by atoms with Crippen LogP contribution in [0.25, 0.3) is 0 Å². The summed E-state index contributed by atoms with van der Waals surface area (Å²) in [6, 6.07) is 0. The van der Waals surface area contributed by atoms with Gasteiger partial charge in [-0.3, -0.25) is 0 Å². The molecule has 7 unspecified atom stereocenters. The summed E-state index contributed by atoms with van der Waals surface area (Å²) >= 11 is 0. The zero-order valence-corrected chi connectivity index (χ0v) is 12.9. The molecule has 3 aliphatic rings. The van der Waals surface area contributed by atoms with Gasteiger partial charge in [-0.05, 0) is 73.0 Å². The number of rotatable bonds is 0. The number of hydrogen-bond acceptors (Lipinski definition) is 0. The predicted octanol–water partition coefficient (Wildman–Crippen LogP) is 5.38. The molecule has 0 aromatic rings. The highest BCUT2D eigenvalue weighted by Crippen LogP contribution is 2.57. The van der Waals surface area contributed by atoms with Crippen molar-refractivity contribution < 1.29 is 0 Å². The Kier molecular flexibility index (Phi) is 3.49. The second-order valence-corrected chi connectivity index (χ2v) is 8.21. The Balaban J connectivity index is 1.90. The van der Waals surface area contributed by atoms with Crippen molar-refractivity contribution in [1.29, 1.82) is 0 Å². The van der Waals surface area contributed by atoms with E-state index in [1.807, 2.05) is 0 Å². The molecule has 3 rings (SSSR count). The van der Waals surface area contributed by atoms with Crippen LogP contribution in [-0.2, 0) is 0 Å². The van der Waals surface area contributed by atoms with Gasteiger partial charge in [-0.15, -0.1) is 0 Å². The van der Waals surface area contributed by atoms with E-state index in [1.165, 1.54) is 19.3 Å². The first-order chi connectivity index (χ1) is 8.58. The molecule has 18 heavy (non-hydrogen) atoms. The van der Waals surface area contributed by atoms with Crippen LogP contribution in [0.15, 0.2) is 0 Å².